The molecule has 0 bridgehead atoms. The van der Waals surface area contributed by atoms with Crippen LogP contribution in [-0.2, 0) is 16.1 Å². The number of carbonyl (C=O) groups excluding carboxylic acids is 2. The first-order valence-corrected chi connectivity index (χ1v) is 11.5. The second-order valence-electron chi connectivity index (χ2n) is 7.41. The Labute approximate surface area is 185 Å². The van der Waals surface area contributed by atoms with E-state index in [-0.39, 0.29) is 41.8 Å². The molecule has 1 aromatic heterocycles. The number of carbonyl (C=O) groups is 2. The number of alkyl halides is 1. The van der Waals surface area contributed by atoms with Crippen molar-refractivity contribution < 1.29 is 19.4 Å². The maximum absolute atomic E-state index is 13.4. The molecule has 3 rings (SSSR count). The minimum absolute atomic E-state index is 0.0267. The Hall–Kier alpha value is -2.25. The topological polar surface area (TPSA) is 78.9 Å². The molecule has 1 aliphatic carbocycles. The minimum atomic E-state index is -0.880. The molecule has 0 aliphatic heterocycles. The summed E-state index contributed by atoms with van der Waals surface area (Å²) in [5, 5.41) is 15.1. The van der Waals surface area contributed by atoms with Gasteiger partial charge in [-0.25, -0.2) is 0 Å². The molecule has 0 radical (unpaired) electrons. The molecular formula is C22H27ClN2O4S. The Morgan fingerprint density at radius 2 is 2.07 bits per heavy atom. The number of rotatable bonds is 8. The summed E-state index contributed by atoms with van der Waals surface area (Å²) in [7, 11) is 1.45. The fourth-order valence-electron chi connectivity index (χ4n) is 3.83. The molecule has 1 saturated carbocycles. The van der Waals surface area contributed by atoms with E-state index in [0.29, 0.717) is 5.56 Å². The van der Waals surface area contributed by atoms with Crippen molar-refractivity contribution in [2.45, 2.75) is 50.7 Å². The number of amides is 2. The highest BCUT2D eigenvalue weighted by Gasteiger charge is 2.33. The Bertz CT molecular complexity index is 853. The normalized spacial score (nSPS) is 15.4. The minimum Gasteiger partial charge on any atom is -0.504 e. The lowest BCUT2D eigenvalue weighted by Gasteiger charge is -2.33. The van der Waals surface area contributed by atoms with E-state index in [1.54, 1.807) is 12.1 Å². The van der Waals surface area contributed by atoms with Crippen molar-refractivity contribution in [1.29, 1.82) is 0 Å². The lowest BCUT2D eigenvalue weighted by Crippen LogP contribution is -2.47. The number of ether oxygens (including phenoxy) is 1. The van der Waals surface area contributed by atoms with E-state index in [1.165, 1.54) is 35.8 Å². The van der Waals surface area contributed by atoms with Gasteiger partial charge in [-0.1, -0.05) is 31.4 Å². The summed E-state index contributed by atoms with van der Waals surface area (Å²) >= 11 is 7.43. The quantitative estimate of drug-likeness (QED) is 0.590. The average Bonchev–Trinajstić information content (AvgIpc) is 3.27. The van der Waals surface area contributed by atoms with Gasteiger partial charge in [0, 0.05) is 10.9 Å². The molecule has 30 heavy (non-hydrogen) atoms. The molecule has 2 N–H and O–H groups in total. The van der Waals surface area contributed by atoms with Crippen LogP contribution in [0.15, 0.2) is 35.7 Å². The Morgan fingerprint density at radius 3 is 2.70 bits per heavy atom. The van der Waals surface area contributed by atoms with E-state index >= 15 is 0 Å². The van der Waals surface area contributed by atoms with Gasteiger partial charge in [-0.15, -0.1) is 22.9 Å². The van der Waals surface area contributed by atoms with Gasteiger partial charge in [-0.2, -0.15) is 0 Å². The molecule has 6 nitrogen and oxygen atoms in total. The van der Waals surface area contributed by atoms with Crippen LogP contribution in [-0.4, -0.2) is 40.9 Å². The predicted molar refractivity (Wildman–Crippen MR) is 118 cm³/mol. The third-order valence-electron chi connectivity index (χ3n) is 5.37. The van der Waals surface area contributed by atoms with Crippen LogP contribution in [0.3, 0.4) is 0 Å². The molecule has 8 heteroatoms. The maximum Gasteiger partial charge on any atom is 0.247 e. The van der Waals surface area contributed by atoms with Crippen LogP contribution in [0.1, 0.15) is 48.6 Å². The third kappa shape index (κ3) is 5.46. The second-order valence-corrected chi connectivity index (χ2v) is 8.71. The van der Waals surface area contributed by atoms with Crippen LogP contribution in [0.5, 0.6) is 11.5 Å². The van der Waals surface area contributed by atoms with Gasteiger partial charge in [0.15, 0.2) is 11.5 Å². The van der Waals surface area contributed by atoms with Crippen molar-refractivity contribution in [3.8, 4) is 11.5 Å². The fraction of sp³-hybridized carbons (Fsp3) is 0.455. The van der Waals surface area contributed by atoms with E-state index < -0.39 is 6.04 Å². The van der Waals surface area contributed by atoms with Crippen molar-refractivity contribution in [2.24, 2.45) is 0 Å². The number of benzene rings is 1. The van der Waals surface area contributed by atoms with Crippen molar-refractivity contribution in [1.82, 2.24) is 10.2 Å². The maximum atomic E-state index is 13.4. The van der Waals surface area contributed by atoms with Gasteiger partial charge >= 0.3 is 0 Å². The lowest BCUT2D eigenvalue weighted by molar-refractivity contribution is -0.140. The van der Waals surface area contributed by atoms with Crippen LogP contribution < -0.4 is 10.1 Å². The smallest absolute Gasteiger partial charge is 0.247 e. The molecule has 0 unspecified atom stereocenters. The summed E-state index contributed by atoms with van der Waals surface area (Å²) < 4.78 is 5.23. The summed E-state index contributed by atoms with van der Waals surface area (Å²) in [4.78, 5) is 28.7. The van der Waals surface area contributed by atoms with Crippen molar-refractivity contribution >= 4 is 34.8 Å². The zero-order valence-electron chi connectivity index (χ0n) is 17.0. The second kappa shape index (κ2) is 10.7. The van der Waals surface area contributed by atoms with E-state index in [1.807, 2.05) is 17.5 Å². The van der Waals surface area contributed by atoms with Gasteiger partial charge in [0.05, 0.1) is 13.7 Å². The highest BCUT2D eigenvalue weighted by atomic mass is 35.5. The Kier molecular flexibility index (Phi) is 7.99. The standard InChI is InChI=1S/C22H27ClN2O4S/c1-29-19-12-15(9-10-18(19)26)21(22(28)24-16-6-3-2-4-7-16)25(20(27)13-23)14-17-8-5-11-30-17/h5,8-12,16,21,26H,2-4,6-7,13-14H2,1H3,(H,24,28)/t21-/m0/s1. The van der Waals surface area contributed by atoms with Crippen LogP contribution >= 0.6 is 22.9 Å². The molecule has 1 heterocycles. The molecular weight excluding hydrogens is 424 g/mol. The first kappa shape index (κ1) is 22.4. The molecule has 2 aromatic rings. The molecule has 1 aromatic carbocycles. The summed E-state index contributed by atoms with van der Waals surface area (Å²) in [5.74, 6) is -0.586. The summed E-state index contributed by atoms with van der Waals surface area (Å²) in [6.07, 6.45) is 5.22. The molecule has 162 valence electrons. The molecule has 1 fully saturated rings. The van der Waals surface area contributed by atoms with E-state index in [9.17, 15) is 14.7 Å². The molecule has 1 aliphatic rings. The van der Waals surface area contributed by atoms with Crippen LogP contribution in [0.4, 0.5) is 0 Å². The molecule has 0 spiro atoms. The van der Waals surface area contributed by atoms with Gasteiger partial charge in [-0.3, -0.25) is 9.59 Å². The van der Waals surface area contributed by atoms with E-state index in [2.05, 4.69) is 5.32 Å². The van der Waals surface area contributed by atoms with Crippen LogP contribution in [0, 0.1) is 0 Å². The molecule has 0 saturated heterocycles. The number of phenols is 1. The number of hydrogen-bond acceptors (Lipinski definition) is 5. The number of methoxy groups -OCH3 is 1. The summed E-state index contributed by atoms with van der Waals surface area (Å²) in [6, 6.07) is 7.77. The first-order chi connectivity index (χ1) is 14.5. The number of phenolic OH excluding ortho intramolecular Hbond substituents is 1. The zero-order valence-corrected chi connectivity index (χ0v) is 18.5. The van der Waals surface area contributed by atoms with E-state index in [0.717, 1.165) is 30.6 Å². The van der Waals surface area contributed by atoms with Crippen molar-refractivity contribution in [2.75, 3.05) is 13.0 Å². The first-order valence-electron chi connectivity index (χ1n) is 10.1. The molecule has 2 amide bonds. The Balaban J connectivity index is 1.97. The fourth-order valence-corrected chi connectivity index (χ4v) is 4.69. The lowest BCUT2D eigenvalue weighted by atomic mass is 9.94. The van der Waals surface area contributed by atoms with Gasteiger partial charge < -0.3 is 20.1 Å². The Morgan fingerprint density at radius 1 is 1.30 bits per heavy atom. The van der Waals surface area contributed by atoms with E-state index in [4.69, 9.17) is 16.3 Å². The number of hydrogen-bond donors (Lipinski definition) is 2. The number of thiophene rings is 1. The summed E-state index contributed by atoms with van der Waals surface area (Å²) in [5.41, 5.74) is 0.563. The predicted octanol–water partition coefficient (Wildman–Crippen LogP) is 4.22. The summed E-state index contributed by atoms with van der Waals surface area (Å²) in [6.45, 7) is 0.273. The van der Waals surface area contributed by atoms with Gasteiger partial charge in [0.1, 0.15) is 11.9 Å². The average molecular weight is 451 g/mol. The number of halogens is 1. The third-order valence-corrected chi connectivity index (χ3v) is 6.46. The van der Waals surface area contributed by atoms with Gasteiger partial charge in [0.2, 0.25) is 11.8 Å². The SMILES string of the molecule is COc1cc([C@@H](C(=O)NC2CCCCC2)N(Cc2cccs2)C(=O)CCl)ccc1O. The zero-order chi connectivity index (χ0) is 21.5. The highest BCUT2D eigenvalue weighted by Crippen LogP contribution is 2.33. The van der Waals surface area contributed by atoms with Crippen LogP contribution in [0.25, 0.3) is 0 Å². The highest BCUT2D eigenvalue weighted by molar-refractivity contribution is 7.09. The number of nitrogens with zero attached hydrogens (tertiary/aromatic N) is 1. The number of nitrogens with one attached hydrogen (secondary N) is 1. The van der Waals surface area contributed by atoms with Crippen molar-refractivity contribution in [3.63, 3.8) is 0 Å². The monoisotopic (exact) mass is 450 g/mol. The largest absolute Gasteiger partial charge is 0.504 e. The number of aromatic hydroxyl groups is 1. The molecule has 1 atom stereocenters. The van der Waals surface area contributed by atoms with Crippen LogP contribution in [0.2, 0.25) is 0 Å². The van der Waals surface area contributed by atoms with Crippen molar-refractivity contribution in [3.05, 3.63) is 46.2 Å². The van der Waals surface area contributed by atoms with Gasteiger partial charge in [0.25, 0.3) is 0 Å². The van der Waals surface area contributed by atoms with Gasteiger partial charge in [-0.05, 0) is 42.0 Å².